The van der Waals surface area contributed by atoms with Gasteiger partial charge in [0.05, 0.1) is 12.6 Å². The van der Waals surface area contributed by atoms with E-state index in [-0.39, 0.29) is 24.4 Å². The molecule has 132 valence electrons. The largest absolute Gasteiger partial charge is 0.337 e. The van der Waals surface area contributed by atoms with Crippen LogP contribution in [-0.4, -0.2) is 18.0 Å². The molecule has 4 heteroatoms. The number of nitriles is 1. The summed E-state index contributed by atoms with van der Waals surface area (Å²) < 4.78 is 0. The van der Waals surface area contributed by atoms with Crippen LogP contribution in [0.15, 0.2) is 24.3 Å². The minimum absolute atomic E-state index is 0.0499. The molecule has 0 bridgehead atoms. The van der Waals surface area contributed by atoms with Gasteiger partial charge in [-0.2, -0.15) is 5.26 Å². The first-order chi connectivity index (χ1) is 11.2. The van der Waals surface area contributed by atoms with Gasteiger partial charge in [0.1, 0.15) is 5.54 Å². The van der Waals surface area contributed by atoms with Gasteiger partial charge >= 0.3 is 0 Å². The average molecular weight is 329 g/mol. The van der Waals surface area contributed by atoms with E-state index in [1.165, 1.54) is 11.1 Å². The highest BCUT2D eigenvalue weighted by Crippen LogP contribution is 2.22. The summed E-state index contributed by atoms with van der Waals surface area (Å²) in [6.07, 6.45) is 1.02. The van der Waals surface area contributed by atoms with E-state index in [2.05, 4.69) is 61.7 Å². The van der Waals surface area contributed by atoms with E-state index in [1.807, 2.05) is 13.8 Å². The third-order valence-electron chi connectivity index (χ3n) is 4.68. The molecule has 0 unspecified atom stereocenters. The Bertz CT molecular complexity index is 572. The fourth-order valence-corrected chi connectivity index (χ4v) is 2.54. The Morgan fingerprint density at radius 3 is 2.21 bits per heavy atom. The van der Waals surface area contributed by atoms with Crippen LogP contribution in [0.5, 0.6) is 0 Å². The van der Waals surface area contributed by atoms with Crippen molar-refractivity contribution >= 4 is 5.91 Å². The van der Waals surface area contributed by atoms with Crippen LogP contribution >= 0.6 is 0 Å². The van der Waals surface area contributed by atoms with Crippen LogP contribution in [0.4, 0.5) is 0 Å². The molecule has 0 heterocycles. The topological polar surface area (TPSA) is 64.9 Å². The molecule has 4 nitrogen and oxygen atoms in total. The SMILES string of the molecule is CCc1ccc([C@H](NCC(=O)N[C@](C)(C#N)C(C)C)C(C)C)cc1. The van der Waals surface area contributed by atoms with Gasteiger partial charge in [0, 0.05) is 6.04 Å². The second-order valence-electron chi connectivity index (χ2n) is 7.21. The molecule has 0 saturated carbocycles. The average Bonchev–Trinajstić information content (AvgIpc) is 2.54. The Morgan fingerprint density at radius 1 is 1.21 bits per heavy atom. The van der Waals surface area contributed by atoms with Gasteiger partial charge in [0.2, 0.25) is 5.91 Å². The van der Waals surface area contributed by atoms with E-state index in [1.54, 1.807) is 6.92 Å². The normalized spacial score (nSPS) is 15.0. The summed E-state index contributed by atoms with van der Waals surface area (Å²) >= 11 is 0. The van der Waals surface area contributed by atoms with Crippen LogP contribution in [0.3, 0.4) is 0 Å². The Kier molecular flexibility index (Phi) is 7.44. The maximum atomic E-state index is 12.3. The summed E-state index contributed by atoms with van der Waals surface area (Å²) in [6.45, 7) is 12.2. The Morgan fingerprint density at radius 2 is 1.79 bits per heavy atom. The van der Waals surface area contributed by atoms with Crippen molar-refractivity contribution in [2.24, 2.45) is 11.8 Å². The van der Waals surface area contributed by atoms with Crippen molar-refractivity contribution in [1.29, 1.82) is 5.26 Å². The smallest absolute Gasteiger partial charge is 0.235 e. The molecule has 0 aliphatic rings. The van der Waals surface area contributed by atoms with Gasteiger partial charge in [0.15, 0.2) is 0 Å². The lowest BCUT2D eigenvalue weighted by Gasteiger charge is -2.28. The first kappa shape index (κ1) is 20.2. The lowest BCUT2D eigenvalue weighted by molar-refractivity contribution is -0.122. The van der Waals surface area contributed by atoms with Crippen molar-refractivity contribution in [2.75, 3.05) is 6.54 Å². The zero-order chi connectivity index (χ0) is 18.3. The number of nitrogens with one attached hydrogen (secondary N) is 2. The molecule has 1 aromatic carbocycles. The minimum Gasteiger partial charge on any atom is -0.337 e. The minimum atomic E-state index is -0.838. The number of hydrogen-bond acceptors (Lipinski definition) is 3. The molecule has 2 atom stereocenters. The predicted octanol–water partition coefficient (Wildman–Crippen LogP) is 3.59. The van der Waals surface area contributed by atoms with Crippen molar-refractivity contribution in [3.63, 3.8) is 0 Å². The van der Waals surface area contributed by atoms with E-state index in [9.17, 15) is 10.1 Å². The monoisotopic (exact) mass is 329 g/mol. The van der Waals surface area contributed by atoms with Crippen molar-refractivity contribution < 1.29 is 4.79 Å². The quantitative estimate of drug-likeness (QED) is 0.766. The standard InChI is InChI=1S/C20H31N3O/c1-7-16-8-10-17(11-9-16)19(14(2)3)22-12-18(24)23-20(6,13-21)15(4)5/h8-11,14-15,19,22H,7,12H2,1-6H3,(H,23,24)/t19-,20-/m1/s1. The molecule has 2 N–H and O–H groups in total. The van der Waals surface area contributed by atoms with Gasteiger partial charge in [0.25, 0.3) is 0 Å². The zero-order valence-corrected chi connectivity index (χ0v) is 15.8. The summed E-state index contributed by atoms with van der Waals surface area (Å²) in [4.78, 5) is 12.3. The molecular weight excluding hydrogens is 298 g/mol. The first-order valence-electron chi connectivity index (χ1n) is 8.78. The number of rotatable bonds is 8. The zero-order valence-electron chi connectivity index (χ0n) is 15.8. The second kappa shape index (κ2) is 8.84. The Balaban J connectivity index is 2.73. The van der Waals surface area contributed by atoms with Crippen molar-refractivity contribution in [2.45, 2.75) is 59.5 Å². The maximum absolute atomic E-state index is 12.3. The molecule has 0 spiro atoms. The Labute approximate surface area is 146 Å². The highest BCUT2D eigenvalue weighted by molar-refractivity contribution is 5.79. The fourth-order valence-electron chi connectivity index (χ4n) is 2.54. The molecule has 1 amide bonds. The van der Waals surface area contributed by atoms with Crippen molar-refractivity contribution in [3.05, 3.63) is 35.4 Å². The van der Waals surface area contributed by atoms with Crippen LogP contribution in [0.2, 0.25) is 0 Å². The van der Waals surface area contributed by atoms with Crippen LogP contribution < -0.4 is 10.6 Å². The summed E-state index contributed by atoms with van der Waals surface area (Å²) in [7, 11) is 0. The molecule has 24 heavy (non-hydrogen) atoms. The summed E-state index contributed by atoms with van der Waals surface area (Å²) in [5, 5.41) is 15.5. The summed E-state index contributed by atoms with van der Waals surface area (Å²) in [5.41, 5.74) is 1.65. The predicted molar refractivity (Wildman–Crippen MR) is 98.4 cm³/mol. The number of hydrogen-bond donors (Lipinski definition) is 2. The van der Waals surface area contributed by atoms with Crippen molar-refractivity contribution in [1.82, 2.24) is 10.6 Å². The van der Waals surface area contributed by atoms with E-state index in [0.717, 1.165) is 6.42 Å². The lowest BCUT2D eigenvalue weighted by Crippen LogP contribution is -2.51. The maximum Gasteiger partial charge on any atom is 0.235 e. The highest BCUT2D eigenvalue weighted by atomic mass is 16.2. The number of benzene rings is 1. The summed E-state index contributed by atoms with van der Waals surface area (Å²) in [5.74, 6) is 0.259. The van der Waals surface area contributed by atoms with E-state index < -0.39 is 5.54 Å². The first-order valence-corrected chi connectivity index (χ1v) is 8.78. The van der Waals surface area contributed by atoms with Gasteiger partial charge in [-0.15, -0.1) is 0 Å². The van der Waals surface area contributed by atoms with E-state index in [4.69, 9.17) is 0 Å². The molecule has 1 aromatic rings. The fraction of sp³-hybridized carbons (Fsp3) is 0.600. The Hall–Kier alpha value is -1.86. The van der Waals surface area contributed by atoms with Gasteiger partial charge in [-0.05, 0) is 36.3 Å². The lowest BCUT2D eigenvalue weighted by atomic mass is 9.90. The number of carbonyl (C=O) groups excluding carboxylic acids is 1. The van der Waals surface area contributed by atoms with Gasteiger partial charge in [-0.3, -0.25) is 4.79 Å². The molecule has 0 saturated heterocycles. The molecule has 0 radical (unpaired) electrons. The van der Waals surface area contributed by atoms with Crippen LogP contribution in [0.25, 0.3) is 0 Å². The third-order valence-corrected chi connectivity index (χ3v) is 4.68. The van der Waals surface area contributed by atoms with E-state index in [0.29, 0.717) is 5.92 Å². The molecule has 0 aromatic heterocycles. The van der Waals surface area contributed by atoms with Gasteiger partial charge in [-0.1, -0.05) is 58.9 Å². The molecular formula is C20H31N3O. The molecule has 0 aliphatic heterocycles. The third kappa shape index (κ3) is 5.35. The van der Waals surface area contributed by atoms with Crippen LogP contribution in [-0.2, 0) is 11.2 Å². The molecule has 0 fully saturated rings. The molecule has 0 aliphatic carbocycles. The number of nitrogens with zero attached hydrogens (tertiary/aromatic N) is 1. The van der Waals surface area contributed by atoms with E-state index >= 15 is 0 Å². The highest BCUT2D eigenvalue weighted by Gasteiger charge is 2.30. The summed E-state index contributed by atoms with van der Waals surface area (Å²) in [6, 6.07) is 10.8. The van der Waals surface area contributed by atoms with Gasteiger partial charge in [-0.25, -0.2) is 0 Å². The number of carbonyl (C=O) groups is 1. The number of amides is 1. The second-order valence-corrected chi connectivity index (χ2v) is 7.21. The van der Waals surface area contributed by atoms with Gasteiger partial charge < -0.3 is 10.6 Å². The van der Waals surface area contributed by atoms with Crippen molar-refractivity contribution in [3.8, 4) is 6.07 Å². The molecule has 1 rings (SSSR count). The van der Waals surface area contributed by atoms with Crippen LogP contribution in [0.1, 0.15) is 58.7 Å². The number of aryl methyl sites for hydroxylation is 1. The van der Waals surface area contributed by atoms with Crippen LogP contribution in [0, 0.1) is 23.2 Å².